The molecule has 0 amide bonds. The molecule has 1 aromatic rings. The Hall–Kier alpha value is -1.91. The zero-order valence-electron chi connectivity index (χ0n) is 10.8. The lowest BCUT2D eigenvalue weighted by Crippen LogP contribution is -2.27. The Morgan fingerprint density at radius 1 is 1.33 bits per heavy atom. The van der Waals surface area contributed by atoms with Gasteiger partial charge in [-0.25, -0.2) is 4.99 Å². The second kappa shape index (κ2) is 5.62. The fraction of sp³-hybridized carbons (Fsp3) is 0.462. The van der Waals surface area contributed by atoms with Gasteiger partial charge in [-0.1, -0.05) is 0 Å². The van der Waals surface area contributed by atoms with E-state index in [0.717, 1.165) is 24.3 Å². The minimum atomic E-state index is 0.370. The van der Waals surface area contributed by atoms with Crippen LogP contribution in [0.5, 0.6) is 11.5 Å². The Kier molecular flexibility index (Phi) is 3.92. The van der Waals surface area contributed by atoms with Crippen LogP contribution in [0.4, 0.5) is 5.69 Å². The van der Waals surface area contributed by atoms with Crippen molar-refractivity contribution in [2.45, 2.75) is 25.3 Å². The standard InChI is InChI=1S/C13H19N3O2/c1-17-10-6-7-12(18-2)11(8-10)16-13(14)15-9-4-3-5-9/h6-9H,3-5H2,1-2H3,(H3,14,15,16). The van der Waals surface area contributed by atoms with Crippen LogP contribution in [0.25, 0.3) is 0 Å². The number of guanidine groups is 1. The van der Waals surface area contributed by atoms with Crippen molar-refractivity contribution in [1.29, 1.82) is 0 Å². The van der Waals surface area contributed by atoms with E-state index in [9.17, 15) is 0 Å². The van der Waals surface area contributed by atoms with Crippen molar-refractivity contribution in [3.8, 4) is 11.5 Å². The molecule has 0 spiro atoms. The van der Waals surface area contributed by atoms with Gasteiger partial charge in [-0.05, 0) is 31.4 Å². The van der Waals surface area contributed by atoms with Gasteiger partial charge < -0.3 is 20.5 Å². The molecule has 0 bridgehead atoms. The summed E-state index contributed by atoms with van der Waals surface area (Å²) in [5.41, 5.74) is 6.64. The lowest BCUT2D eigenvalue weighted by molar-refractivity contribution is 0.404. The van der Waals surface area contributed by atoms with Gasteiger partial charge in [0.1, 0.15) is 11.5 Å². The Labute approximate surface area is 107 Å². The van der Waals surface area contributed by atoms with Crippen molar-refractivity contribution >= 4 is 11.6 Å². The second-order valence-electron chi connectivity index (χ2n) is 4.29. The first kappa shape index (κ1) is 12.5. The number of nitrogens with two attached hydrogens (primary N) is 1. The van der Waals surface area contributed by atoms with Crippen LogP contribution < -0.4 is 20.5 Å². The van der Waals surface area contributed by atoms with Crippen LogP contribution in [0.1, 0.15) is 19.3 Å². The number of hydrogen-bond acceptors (Lipinski definition) is 3. The number of benzene rings is 1. The molecule has 0 heterocycles. The summed E-state index contributed by atoms with van der Waals surface area (Å²) in [4.78, 5) is 4.40. The molecule has 1 saturated carbocycles. The molecule has 98 valence electrons. The van der Waals surface area contributed by atoms with Gasteiger partial charge in [-0.3, -0.25) is 0 Å². The SMILES string of the molecule is COc1ccc(OC)c(NC(N)=NC2CCC2)c1. The molecule has 1 aromatic carbocycles. The molecule has 18 heavy (non-hydrogen) atoms. The largest absolute Gasteiger partial charge is 0.497 e. The minimum absolute atomic E-state index is 0.370. The molecule has 5 heteroatoms. The van der Waals surface area contributed by atoms with Crippen LogP contribution in [0.3, 0.4) is 0 Å². The molecule has 3 N–H and O–H groups in total. The number of methoxy groups -OCH3 is 2. The van der Waals surface area contributed by atoms with Gasteiger partial charge in [0.25, 0.3) is 0 Å². The van der Waals surface area contributed by atoms with Crippen molar-refractivity contribution in [2.24, 2.45) is 10.7 Å². The first-order valence-electron chi connectivity index (χ1n) is 6.05. The summed E-state index contributed by atoms with van der Waals surface area (Å²) in [6.07, 6.45) is 3.49. The first-order chi connectivity index (χ1) is 8.72. The molecule has 5 nitrogen and oxygen atoms in total. The third-order valence-electron chi connectivity index (χ3n) is 3.07. The third kappa shape index (κ3) is 2.85. The van der Waals surface area contributed by atoms with Crippen molar-refractivity contribution in [3.05, 3.63) is 18.2 Å². The summed E-state index contributed by atoms with van der Waals surface area (Å²) in [6, 6.07) is 5.87. The smallest absolute Gasteiger partial charge is 0.193 e. The third-order valence-corrected chi connectivity index (χ3v) is 3.07. The van der Waals surface area contributed by atoms with Crippen molar-refractivity contribution < 1.29 is 9.47 Å². The van der Waals surface area contributed by atoms with E-state index < -0.39 is 0 Å². The summed E-state index contributed by atoms with van der Waals surface area (Å²) in [7, 11) is 3.24. The van der Waals surface area contributed by atoms with E-state index in [4.69, 9.17) is 15.2 Å². The number of nitrogens with zero attached hydrogens (tertiary/aromatic N) is 1. The predicted molar refractivity (Wildman–Crippen MR) is 72.4 cm³/mol. The summed E-state index contributed by atoms with van der Waals surface area (Å²) in [5.74, 6) is 1.88. The van der Waals surface area contributed by atoms with Crippen LogP contribution in [0, 0.1) is 0 Å². The Bertz CT molecular complexity index is 442. The van der Waals surface area contributed by atoms with Gasteiger partial charge in [0.05, 0.1) is 25.9 Å². The molecule has 0 aliphatic heterocycles. The highest BCUT2D eigenvalue weighted by atomic mass is 16.5. The molecular weight excluding hydrogens is 230 g/mol. The fourth-order valence-corrected chi connectivity index (χ4v) is 1.79. The molecule has 0 saturated heterocycles. The highest BCUT2D eigenvalue weighted by Crippen LogP contribution is 2.29. The number of hydrogen-bond donors (Lipinski definition) is 2. The zero-order chi connectivity index (χ0) is 13.0. The fourth-order valence-electron chi connectivity index (χ4n) is 1.79. The van der Waals surface area contributed by atoms with E-state index in [2.05, 4.69) is 10.3 Å². The molecule has 1 aliphatic carbocycles. The summed E-state index contributed by atoms with van der Waals surface area (Å²) in [5, 5.41) is 3.06. The van der Waals surface area contributed by atoms with E-state index in [1.54, 1.807) is 14.2 Å². The summed E-state index contributed by atoms with van der Waals surface area (Å²) >= 11 is 0. The minimum Gasteiger partial charge on any atom is -0.497 e. The van der Waals surface area contributed by atoms with Crippen LogP contribution >= 0.6 is 0 Å². The maximum absolute atomic E-state index is 5.87. The molecule has 1 aliphatic rings. The van der Waals surface area contributed by atoms with E-state index in [0.29, 0.717) is 17.8 Å². The number of aliphatic imine (C=N–C) groups is 1. The Balaban J connectivity index is 2.12. The lowest BCUT2D eigenvalue weighted by atomic mass is 9.94. The molecular formula is C13H19N3O2. The maximum Gasteiger partial charge on any atom is 0.193 e. The van der Waals surface area contributed by atoms with Crippen LogP contribution in [-0.2, 0) is 0 Å². The number of nitrogens with one attached hydrogen (secondary N) is 1. The normalized spacial score (nSPS) is 16.0. The average Bonchev–Trinajstić information content (AvgIpc) is 2.34. The van der Waals surface area contributed by atoms with E-state index in [1.807, 2.05) is 18.2 Å². The van der Waals surface area contributed by atoms with Crippen molar-refractivity contribution in [1.82, 2.24) is 0 Å². The van der Waals surface area contributed by atoms with Crippen LogP contribution in [0.2, 0.25) is 0 Å². The Morgan fingerprint density at radius 2 is 2.11 bits per heavy atom. The predicted octanol–water partition coefficient (Wildman–Crippen LogP) is 1.98. The zero-order valence-corrected chi connectivity index (χ0v) is 10.8. The second-order valence-corrected chi connectivity index (χ2v) is 4.29. The summed E-state index contributed by atoms with van der Waals surface area (Å²) in [6.45, 7) is 0. The molecule has 1 fully saturated rings. The quantitative estimate of drug-likeness (QED) is 0.632. The van der Waals surface area contributed by atoms with E-state index >= 15 is 0 Å². The molecule has 0 aromatic heterocycles. The topological polar surface area (TPSA) is 68.9 Å². The van der Waals surface area contributed by atoms with Gasteiger partial charge in [0.2, 0.25) is 0 Å². The van der Waals surface area contributed by atoms with Gasteiger partial charge in [-0.15, -0.1) is 0 Å². The van der Waals surface area contributed by atoms with Crippen molar-refractivity contribution in [2.75, 3.05) is 19.5 Å². The van der Waals surface area contributed by atoms with Gasteiger partial charge in [-0.2, -0.15) is 0 Å². The van der Waals surface area contributed by atoms with Gasteiger partial charge >= 0.3 is 0 Å². The molecule has 2 rings (SSSR count). The summed E-state index contributed by atoms with van der Waals surface area (Å²) < 4.78 is 10.4. The molecule has 0 radical (unpaired) electrons. The van der Waals surface area contributed by atoms with Gasteiger partial charge in [0.15, 0.2) is 5.96 Å². The monoisotopic (exact) mass is 249 g/mol. The maximum atomic E-state index is 5.87. The number of ether oxygens (including phenoxy) is 2. The van der Waals surface area contributed by atoms with Crippen molar-refractivity contribution in [3.63, 3.8) is 0 Å². The first-order valence-corrected chi connectivity index (χ1v) is 6.05. The molecule has 0 atom stereocenters. The highest BCUT2D eigenvalue weighted by Gasteiger charge is 2.16. The van der Waals surface area contributed by atoms with Gasteiger partial charge in [0, 0.05) is 6.07 Å². The van der Waals surface area contributed by atoms with E-state index in [1.165, 1.54) is 6.42 Å². The number of rotatable bonds is 4. The van der Waals surface area contributed by atoms with Crippen LogP contribution in [-0.4, -0.2) is 26.2 Å². The Morgan fingerprint density at radius 3 is 2.67 bits per heavy atom. The highest BCUT2D eigenvalue weighted by molar-refractivity contribution is 5.94. The molecule has 0 unspecified atom stereocenters. The van der Waals surface area contributed by atoms with E-state index in [-0.39, 0.29) is 0 Å². The van der Waals surface area contributed by atoms with Crippen LogP contribution in [0.15, 0.2) is 23.2 Å². The number of anilines is 1. The average molecular weight is 249 g/mol. The lowest BCUT2D eigenvalue weighted by Gasteiger charge is -2.22.